The summed E-state index contributed by atoms with van der Waals surface area (Å²) in [5.74, 6) is -0.848. The zero-order chi connectivity index (χ0) is 15.0. The number of fused-ring (bicyclic) bond motifs is 1. The highest BCUT2D eigenvalue weighted by Crippen LogP contribution is 2.43. The van der Waals surface area contributed by atoms with E-state index in [0.29, 0.717) is 6.07 Å². The van der Waals surface area contributed by atoms with Crippen LogP contribution in [0.3, 0.4) is 0 Å². The molecule has 0 amide bonds. The maximum atomic E-state index is 11.0. The molecule has 0 aliphatic heterocycles. The lowest BCUT2D eigenvalue weighted by Gasteiger charge is -2.04. The van der Waals surface area contributed by atoms with Crippen LogP contribution in [0.5, 0.6) is 5.75 Å². The fourth-order valence-corrected chi connectivity index (χ4v) is 1.85. The number of phenolic OH excluding ortho intramolecular Hbond substituents is 1. The normalized spacial score (nSPS) is 10.4. The molecule has 2 rings (SSSR count). The Balaban J connectivity index is 3.06. The number of rotatable bonds is 3. The predicted molar refractivity (Wildman–Crippen MR) is 65.6 cm³/mol. The van der Waals surface area contributed by atoms with Crippen molar-refractivity contribution >= 4 is 27.8 Å². The van der Waals surface area contributed by atoms with Gasteiger partial charge in [-0.25, -0.2) is 0 Å². The van der Waals surface area contributed by atoms with E-state index in [1.165, 1.54) is 6.07 Å². The smallest absolute Gasteiger partial charge is 0.318 e. The predicted octanol–water partition coefficient (Wildman–Crippen LogP) is 2.27. The molecule has 0 fully saturated rings. The molecule has 0 bridgehead atoms. The van der Waals surface area contributed by atoms with Crippen molar-refractivity contribution in [1.82, 2.24) is 0 Å². The van der Waals surface area contributed by atoms with Crippen molar-refractivity contribution in [2.45, 2.75) is 0 Å². The Labute approximate surface area is 109 Å². The number of hydrogen-bond acceptors (Lipinski definition) is 7. The molecule has 2 aromatic rings. The molecular formula is C10H5N3O7. The number of phenols is 1. The molecule has 1 N–H and O–H groups in total. The maximum absolute atomic E-state index is 11.0. The lowest BCUT2D eigenvalue weighted by molar-refractivity contribution is -0.395. The highest BCUT2D eigenvalue weighted by molar-refractivity contribution is 6.04. The Hall–Kier alpha value is -3.30. The van der Waals surface area contributed by atoms with Gasteiger partial charge in [0, 0.05) is 11.5 Å². The summed E-state index contributed by atoms with van der Waals surface area (Å²) >= 11 is 0. The standard InChI is InChI=1S/C10H5N3O7/c14-10-5-2-1-3-6(11(15)16)9(5)7(12(17)18)4-8(10)13(19)20/h1-4,14H. The van der Waals surface area contributed by atoms with Crippen LogP contribution in [0.1, 0.15) is 0 Å². The van der Waals surface area contributed by atoms with Gasteiger partial charge in [0.15, 0.2) is 0 Å². The van der Waals surface area contributed by atoms with E-state index in [1.54, 1.807) is 0 Å². The number of hydrogen-bond donors (Lipinski definition) is 1. The van der Waals surface area contributed by atoms with Crippen molar-refractivity contribution in [3.05, 3.63) is 54.6 Å². The van der Waals surface area contributed by atoms with Gasteiger partial charge in [0.05, 0.1) is 20.8 Å². The van der Waals surface area contributed by atoms with Crippen LogP contribution >= 0.6 is 0 Å². The molecule has 0 radical (unpaired) electrons. The topological polar surface area (TPSA) is 150 Å². The van der Waals surface area contributed by atoms with E-state index < -0.39 is 43.0 Å². The minimum atomic E-state index is -0.999. The average molecular weight is 279 g/mol. The highest BCUT2D eigenvalue weighted by Gasteiger charge is 2.30. The van der Waals surface area contributed by atoms with E-state index in [0.717, 1.165) is 12.1 Å². The molecule has 10 heteroatoms. The number of benzene rings is 2. The lowest BCUT2D eigenvalue weighted by atomic mass is 10.0. The summed E-state index contributed by atoms with van der Waals surface area (Å²) < 4.78 is 0. The number of nitrogens with zero attached hydrogens (tertiary/aromatic N) is 3. The Morgan fingerprint density at radius 2 is 1.40 bits per heavy atom. The summed E-state index contributed by atoms with van der Waals surface area (Å²) in [6.45, 7) is 0. The molecule has 0 aliphatic carbocycles. The van der Waals surface area contributed by atoms with Gasteiger partial charge in [-0.1, -0.05) is 6.07 Å². The van der Waals surface area contributed by atoms with E-state index in [1.807, 2.05) is 0 Å². The second-order valence-electron chi connectivity index (χ2n) is 3.73. The van der Waals surface area contributed by atoms with Crippen molar-refractivity contribution in [2.75, 3.05) is 0 Å². The van der Waals surface area contributed by atoms with Crippen LogP contribution in [0.25, 0.3) is 10.8 Å². The maximum Gasteiger partial charge on any atom is 0.318 e. The van der Waals surface area contributed by atoms with Crippen LogP contribution in [0.15, 0.2) is 24.3 Å². The molecule has 0 spiro atoms. The quantitative estimate of drug-likeness (QED) is 0.668. The van der Waals surface area contributed by atoms with E-state index in [9.17, 15) is 35.4 Å². The van der Waals surface area contributed by atoms with E-state index in [2.05, 4.69) is 0 Å². The van der Waals surface area contributed by atoms with Crippen molar-refractivity contribution < 1.29 is 19.9 Å². The highest BCUT2D eigenvalue weighted by atomic mass is 16.6. The third-order valence-electron chi connectivity index (χ3n) is 2.66. The first kappa shape index (κ1) is 13.1. The fraction of sp³-hybridized carbons (Fsp3) is 0. The summed E-state index contributed by atoms with van der Waals surface area (Å²) in [5.41, 5.74) is -2.30. The number of nitro benzene ring substituents is 3. The summed E-state index contributed by atoms with van der Waals surface area (Å²) in [7, 11) is 0. The van der Waals surface area contributed by atoms with Crippen molar-refractivity contribution in [1.29, 1.82) is 0 Å². The molecule has 0 unspecified atom stereocenters. The van der Waals surface area contributed by atoms with Crippen molar-refractivity contribution in [3.63, 3.8) is 0 Å². The molecule has 0 heterocycles. The largest absolute Gasteiger partial charge is 0.502 e. The Kier molecular flexibility index (Phi) is 2.90. The minimum absolute atomic E-state index is 0.319. The summed E-state index contributed by atoms with van der Waals surface area (Å²) in [6, 6.07) is 3.83. The summed E-state index contributed by atoms with van der Waals surface area (Å²) in [6.07, 6.45) is 0. The molecule has 20 heavy (non-hydrogen) atoms. The van der Waals surface area contributed by atoms with Crippen LogP contribution < -0.4 is 0 Å². The van der Waals surface area contributed by atoms with Gasteiger partial charge in [-0.2, -0.15) is 0 Å². The molecular weight excluding hydrogens is 274 g/mol. The van der Waals surface area contributed by atoms with Crippen LogP contribution in [-0.2, 0) is 0 Å². The molecule has 0 aromatic heterocycles. The average Bonchev–Trinajstić information content (AvgIpc) is 2.37. The second kappa shape index (κ2) is 4.42. The lowest BCUT2D eigenvalue weighted by Crippen LogP contribution is -1.98. The molecule has 2 aromatic carbocycles. The summed E-state index contributed by atoms with van der Waals surface area (Å²) in [4.78, 5) is 29.8. The second-order valence-corrected chi connectivity index (χ2v) is 3.73. The van der Waals surface area contributed by atoms with Gasteiger partial charge in [0.1, 0.15) is 5.39 Å². The summed E-state index contributed by atoms with van der Waals surface area (Å²) in [5, 5.41) is 41.6. The number of non-ortho nitro benzene ring substituents is 2. The molecule has 0 aliphatic rings. The van der Waals surface area contributed by atoms with Crippen LogP contribution in [0.2, 0.25) is 0 Å². The SMILES string of the molecule is O=[N+]([O-])c1cc([N+](=O)[O-])c2c([N+](=O)[O-])cccc2c1O. The third-order valence-corrected chi connectivity index (χ3v) is 2.66. The van der Waals surface area contributed by atoms with E-state index >= 15 is 0 Å². The molecule has 10 nitrogen and oxygen atoms in total. The van der Waals surface area contributed by atoms with Crippen molar-refractivity contribution in [3.8, 4) is 5.75 Å². The third kappa shape index (κ3) is 1.84. The number of nitro groups is 3. The van der Waals surface area contributed by atoms with Gasteiger partial charge in [-0.3, -0.25) is 30.3 Å². The molecule has 102 valence electrons. The minimum Gasteiger partial charge on any atom is -0.502 e. The van der Waals surface area contributed by atoms with Crippen LogP contribution in [0, 0.1) is 30.3 Å². The van der Waals surface area contributed by atoms with Crippen LogP contribution in [-0.4, -0.2) is 19.9 Å². The Morgan fingerprint density at radius 1 is 0.850 bits per heavy atom. The van der Waals surface area contributed by atoms with Gasteiger partial charge in [0.25, 0.3) is 11.4 Å². The monoisotopic (exact) mass is 279 g/mol. The molecule has 0 saturated carbocycles. The first-order chi connectivity index (χ1) is 9.34. The first-order valence-corrected chi connectivity index (χ1v) is 5.06. The van der Waals surface area contributed by atoms with Crippen LogP contribution in [0.4, 0.5) is 17.1 Å². The van der Waals surface area contributed by atoms with E-state index in [-0.39, 0.29) is 5.39 Å². The first-order valence-electron chi connectivity index (χ1n) is 5.06. The molecule has 0 atom stereocenters. The van der Waals surface area contributed by atoms with E-state index in [4.69, 9.17) is 0 Å². The zero-order valence-corrected chi connectivity index (χ0v) is 9.55. The van der Waals surface area contributed by atoms with Gasteiger partial charge in [-0.15, -0.1) is 0 Å². The molecule has 0 saturated heterocycles. The van der Waals surface area contributed by atoms with Gasteiger partial charge >= 0.3 is 5.69 Å². The van der Waals surface area contributed by atoms with Crippen molar-refractivity contribution in [2.24, 2.45) is 0 Å². The Morgan fingerprint density at radius 3 is 1.90 bits per heavy atom. The fourth-order valence-electron chi connectivity index (χ4n) is 1.85. The van der Waals surface area contributed by atoms with Gasteiger partial charge in [-0.05, 0) is 6.07 Å². The number of aromatic hydroxyl groups is 1. The Bertz CT molecular complexity index is 771. The van der Waals surface area contributed by atoms with Gasteiger partial charge in [0.2, 0.25) is 5.75 Å². The van der Waals surface area contributed by atoms with Gasteiger partial charge < -0.3 is 5.11 Å². The zero-order valence-electron chi connectivity index (χ0n) is 9.55.